The Kier molecular flexibility index (Phi) is 4.31. The summed E-state index contributed by atoms with van der Waals surface area (Å²) in [5.74, 6) is 1.08. The number of aryl methyl sites for hydroxylation is 1. The quantitative estimate of drug-likeness (QED) is 0.912. The molecule has 0 unspecified atom stereocenters. The van der Waals surface area contributed by atoms with Crippen LogP contribution in [0.4, 0.5) is 19.0 Å². The second-order valence-corrected chi connectivity index (χ2v) is 4.85. The van der Waals surface area contributed by atoms with Gasteiger partial charge >= 0.3 is 6.18 Å². The first kappa shape index (κ1) is 15.5. The molecule has 2 rings (SSSR count). The fraction of sp³-hybridized carbons (Fsp3) is 0.583. The minimum Gasteiger partial charge on any atom is -0.372 e. The Morgan fingerprint density at radius 2 is 2.05 bits per heavy atom. The van der Waals surface area contributed by atoms with Gasteiger partial charge in [0.25, 0.3) is 0 Å². The number of rotatable bonds is 5. The number of nitrogens with zero attached hydrogens (tertiary/aromatic N) is 5. The SMILES string of the molecule is CNc1nc(CN(C)CCC(F)(F)F)nc2c1cnn2C. The van der Waals surface area contributed by atoms with Crippen molar-refractivity contribution in [3.63, 3.8) is 0 Å². The molecular formula is C12H17F3N6. The van der Waals surface area contributed by atoms with E-state index in [0.29, 0.717) is 17.3 Å². The topological polar surface area (TPSA) is 58.9 Å². The molecule has 0 aromatic carbocycles. The number of nitrogens with one attached hydrogen (secondary N) is 1. The van der Waals surface area contributed by atoms with Gasteiger partial charge in [-0.25, -0.2) is 9.97 Å². The molecule has 0 radical (unpaired) electrons. The molecule has 9 heteroatoms. The van der Waals surface area contributed by atoms with E-state index in [1.165, 1.54) is 0 Å². The van der Waals surface area contributed by atoms with E-state index in [-0.39, 0.29) is 13.1 Å². The highest BCUT2D eigenvalue weighted by Gasteiger charge is 2.27. The molecule has 0 fully saturated rings. The highest BCUT2D eigenvalue weighted by Crippen LogP contribution is 2.21. The van der Waals surface area contributed by atoms with Crippen molar-refractivity contribution >= 4 is 16.9 Å². The van der Waals surface area contributed by atoms with Gasteiger partial charge in [0, 0.05) is 20.6 Å². The van der Waals surface area contributed by atoms with Crippen molar-refractivity contribution in [3.05, 3.63) is 12.0 Å². The molecule has 0 spiro atoms. The average molecular weight is 302 g/mol. The summed E-state index contributed by atoms with van der Waals surface area (Å²) in [6, 6.07) is 0. The lowest BCUT2D eigenvalue weighted by Crippen LogP contribution is -2.25. The fourth-order valence-electron chi connectivity index (χ4n) is 1.97. The van der Waals surface area contributed by atoms with E-state index >= 15 is 0 Å². The van der Waals surface area contributed by atoms with Crippen LogP contribution >= 0.6 is 0 Å². The van der Waals surface area contributed by atoms with Crippen LogP contribution in [0.3, 0.4) is 0 Å². The van der Waals surface area contributed by atoms with Crippen molar-refractivity contribution in [2.24, 2.45) is 7.05 Å². The predicted octanol–water partition coefficient (Wildman–Crippen LogP) is 1.79. The van der Waals surface area contributed by atoms with E-state index in [4.69, 9.17) is 0 Å². The van der Waals surface area contributed by atoms with E-state index in [1.54, 1.807) is 36.9 Å². The highest BCUT2D eigenvalue weighted by atomic mass is 19.4. The predicted molar refractivity (Wildman–Crippen MR) is 72.9 cm³/mol. The zero-order valence-electron chi connectivity index (χ0n) is 12.1. The average Bonchev–Trinajstić information content (AvgIpc) is 2.77. The van der Waals surface area contributed by atoms with Gasteiger partial charge < -0.3 is 5.32 Å². The standard InChI is InChI=1S/C12H17F3N6/c1-16-10-8-6-17-21(3)11(8)19-9(18-10)7-20(2)5-4-12(13,14)15/h6H,4-5,7H2,1-3H3,(H,16,18,19). The van der Waals surface area contributed by atoms with Crippen LogP contribution < -0.4 is 5.32 Å². The molecule has 0 bridgehead atoms. The van der Waals surface area contributed by atoms with Crippen molar-refractivity contribution in [2.75, 3.05) is 26.0 Å². The molecule has 0 aliphatic rings. The number of aromatic nitrogens is 4. The Morgan fingerprint density at radius 1 is 1.33 bits per heavy atom. The molecule has 0 saturated carbocycles. The molecule has 1 N–H and O–H groups in total. The van der Waals surface area contributed by atoms with Gasteiger partial charge in [0.15, 0.2) is 5.65 Å². The molecular weight excluding hydrogens is 285 g/mol. The lowest BCUT2D eigenvalue weighted by molar-refractivity contribution is -0.137. The maximum atomic E-state index is 12.2. The molecule has 6 nitrogen and oxygen atoms in total. The largest absolute Gasteiger partial charge is 0.390 e. The second kappa shape index (κ2) is 5.84. The van der Waals surface area contributed by atoms with Gasteiger partial charge in [0.2, 0.25) is 0 Å². The van der Waals surface area contributed by atoms with Crippen LogP contribution in [0.2, 0.25) is 0 Å². The smallest absolute Gasteiger partial charge is 0.372 e. The second-order valence-electron chi connectivity index (χ2n) is 4.85. The van der Waals surface area contributed by atoms with Gasteiger partial charge in [0.05, 0.1) is 24.5 Å². The third kappa shape index (κ3) is 3.81. The first-order valence-electron chi connectivity index (χ1n) is 6.42. The Labute approximate surface area is 120 Å². The summed E-state index contributed by atoms with van der Waals surface area (Å²) in [5, 5.41) is 7.83. The van der Waals surface area contributed by atoms with Gasteiger partial charge in [-0.15, -0.1) is 0 Å². The third-order valence-corrected chi connectivity index (χ3v) is 3.06. The fourth-order valence-corrected chi connectivity index (χ4v) is 1.97. The first-order valence-corrected chi connectivity index (χ1v) is 6.42. The lowest BCUT2D eigenvalue weighted by atomic mass is 10.3. The molecule has 2 aromatic heterocycles. The third-order valence-electron chi connectivity index (χ3n) is 3.06. The number of halogens is 3. The van der Waals surface area contributed by atoms with Crippen LogP contribution in [-0.2, 0) is 13.6 Å². The maximum Gasteiger partial charge on any atom is 0.390 e. The minimum atomic E-state index is -4.16. The van der Waals surface area contributed by atoms with E-state index < -0.39 is 12.6 Å². The number of hydrogen-bond donors (Lipinski definition) is 1. The van der Waals surface area contributed by atoms with Crippen LogP contribution in [0, 0.1) is 0 Å². The molecule has 0 aliphatic heterocycles. The van der Waals surface area contributed by atoms with Crippen LogP contribution in [0.1, 0.15) is 12.2 Å². The Hall–Kier alpha value is -1.90. The van der Waals surface area contributed by atoms with E-state index in [9.17, 15) is 13.2 Å². The number of hydrogen-bond acceptors (Lipinski definition) is 5. The van der Waals surface area contributed by atoms with Crippen LogP contribution in [0.25, 0.3) is 11.0 Å². The first-order chi connectivity index (χ1) is 9.80. The van der Waals surface area contributed by atoms with Crippen molar-refractivity contribution in [2.45, 2.75) is 19.1 Å². The number of alkyl halides is 3. The van der Waals surface area contributed by atoms with Crippen molar-refractivity contribution in [3.8, 4) is 0 Å². The van der Waals surface area contributed by atoms with Gasteiger partial charge in [0.1, 0.15) is 11.6 Å². The molecule has 0 saturated heterocycles. The van der Waals surface area contributed by atoms with Gasteiger partial charge in [-0.05, 0) is 7.05 Å². The summed E-state index contributed by atoms with van der Waals surface area (Å²) in [4.78, 5) is 10.2. The number of fused-ring (bicyclic) bond motifs is 1. The molecule has 116 valence electrons. The van der Waals surface area contributed by atoms with Crippen LogP contribution in [-0.4, -0.2) is 51.5 Å². The van der Waals surface area contributed by atoms with E-state index in [1.807, 2.05) is 0 Å². The van der Waals surface area contributed by atoms with Crippen molar-refractivity contribution < 1.29 is 13.2 Å². The molecule has 0 aliphatic carbocycles. The summed E-state index contributed by atoms with van der Waals surface area (Å²) >= 11 is 0. The summed E-state index contributed by atoms with van der Waals surface area (Å²) in [6.07, 6.45) is -3.36. The monoisotopic (exact) mass is 302 g/mol. The van der Waals surface area contributed by atoms with Gasteiger partial charge in [-0.3, -0.25) is 9.58 Å². The molecule has 0 amide bonds. The Balaban J connectivity index is 2.16. The summed E-state index contributed by atoms with van der Waals surface area (Å²) < 4.78 is 38.2. The van der Waals surface area contributed by atoms with Crippen LogP contribution in [0.5, 0.6) is 0 Å². The van der Waals surface area contributed by atoms with Crippen molar-refractivity contribution in [1.82, 2.24) is 24.6 Å². The molecule has 0 atom stereocenters. The van der Waals surface area contributed by atoms with E-state index in [2.05, 4.69) is 20.4 Å². The minimum absolute atomic E-state index is 0.0921. The van der Waals surface area contributed by atoms with E-state index in [0.717, 1.165) is 5.39 Å². The lowest BCUT2D eigenvalue weighted by Gasteiger charge is -2.17. The highest BCUT2D eigenvalue weighted by molar-refractivity contribution is 5.86. The van der Waals surface area contributed by atoms with Gasteiger partial charge in [-0.1, -0.05) is 0 Å². The Morgan fingerprint density at radius 3 is 2.67 bits per heavy atom. The summed E-state index contributed by atoms with van der Waals surface area (Å²) in [6.45, 7) is 0.150. The van der Waals surface area contributed by atoms with Crippen molar-refractivity contribution in [1.29, 1.82) is 0 Å². The maximum absolute atomic E-state index is 12.2. The zero-order chi connectivity index (χ0) is 15.6. The number of anilines is 1. The van der Waals surface area contributed by atoms with Crippen LogP contribution in [0.15, 0.2) is 6.20 Å². The molecule has 21 heavy (non-hydrogen) atoms. The normalized spacial score (nSPS) is 12.3. The molecule has 2 heterocycles. The Bertz CT molecular complexity index is 621. The van der Waals surface area contributed by atoms with Gasteiger partial charge in [-0.2, -0.15) is 18.3 Å². The zero-order valence-corrected chi connectivity index (χ0v) is 12.1. The molecule has 2 aromatic rings. The summed E-state index contributed by atoms with van der Waals surface area (Å²) in [5.41, 5.74) is 0.647. The summed E-state index contributed by atoms with van der Waals surface area (Å²) in [7, 11) is 5.10.